The second-order valence-corrected chi connectivity index (χ2v) is 15.0. The van der Waals surface area contributed by atoms with Gasteiger partial charge in [0.25, 0.3) is 0 Å². The van der Waals surface area contributed by atoms with Crippen molar-refractivity contribution in [2.75, 3.05) is 26.4 Å². The summed E-state index contributed by atoms with van der Waals surface area (Å²) in [4.78, 5) is 55.2. The van der Waals surface area contributed by atoms with Crippen molar-refractivity contribution < 1.29 is 57.1 Å². The summed E-state index contributed by atoms with van der Waals surface area (Å²) >= 11 is 0. The number of epoxide rings is 4. The lowest BCUT2D eigenvalue weighted by molar-refractivity contribution is -0.181. The minimum atomic E-state index is -1.82. The fourth-order valence-electron chi connectivity index (χ4n) is 9.85. The van der Waals surface area contributed by atoms with Gasteiger partial charge in [-0.3, -0.25) is 19.2 Å². The maximum atomic E-state index is 13.9. The summed E-state index contributed by atoms with van der Waals surface area (Å²) in [5.41, 5.74) is -0.448. The summed E-state index contributed by atoms with van der Waals surface area (Å²) in [6, 6.07) is 0. The van der Waals surface area contributed by atoms with Gasteiger partial charge in [0.1, 0.15) is 0 Å². The first kappa shape index (κ1) is 28.9. The summed E-state index contributed by atoms with van der Waals surface area (Å²) in [7, 11) is 0. The van der Waals surface area contributed by atoms with Crippen molar-refractivity contribution in [3.8, 4) is 0 Å². The molecule has 9 aliphatic rings. The number of hydrogen-bond acceptors (Lipinski definition) is 12. The van der Waals surface area contributed by atoms with E-state index < -0.39 is 41.1 Å². The Balaban J connectivity index is 0.972. The maximum Gasteiger partial charge on any atom is 0.321 e. The molecular formula is C33H42O12. The Kier molecular flexibility index (Phi) is 6.99. The molecule has 0 radical (unpaired) electrons. The Bertz CT molecular complexity index is 1160. The number of cyclic esters (lactones) is 2. The second kappa shape index (κ2) is 10.9. The molecule has 0 aromatic carbocycles. The lowest BCUT2D eigenvalue weighted by Gasteiger charge is -2.48. The van der Waals surface area contributed by atoms with Gasteiger partial charge in [-0.25, -0.2) is 0 Å². The second-order valence-electron chi connectivity index (χ2n) is 15.0. The molecule has 9 fully saturated rings. The molecule has 5 saturated heterocycles. The van der Waals surface area contributed by atoms with Crippen molar-refractivity contribution >= 4 is 23.9 Å². The molecule has 4 aliphatic carbocycles. The van der Waals surface area contributed by atoms with Crippen molar-refractivity contribution in [2.45, 2.75) is 113 Å². The lowest BCUT2D eigenvalue weighted by Crippen LogP contribution is -2.55. The summed E-state index contributed by atoms with van der Waals surface area (Å²) < 4.78 is 46.7. The number of ether oxygens (including phenoxy) is 8. The third-order valence-corrected chi connectivity index (χ3v) is 12.5. The van der Waals surface area contributed by atoms with Gasteiger partial charge in [-0.2, -0.15) is 0 Å². The van der Waals surface area contributed by atoms with E-state index in [0.29, 0.717) is 12.2 Å². The van der Waals surface area contributed by atoms with Gasteiger partial charge in [-0.1, -0.05) is 0 Å². The zero-order valence-corrected chi connectivity index (χ0v) is 25.4. The molecule has 12 nitrogen and oxygen atoms in total. The monoisotopic (exact) mass is 630 g/mol. The molecule has 5 heterocycles. The topological polar surface area (TPSA) is 155 Å². The first-order valence-corrected chi connectivity index (χ1v) is 17.2. The molecule has 0 amide bonds. The van der Waals surface area contributed by atoms with Crippen LogP contribution in [0.15, 0.2) is 0 Å². The van der Waals surface area contributed by atoms with Gasteiger partial charge in [0.05, 0.1) is 75.3 Å². The Hall–Kier alpha value is -2.28. The molecule has 14 unspecified atom stereocenters. The molecule has 0 aromatic rings. The number of fused-ring (bicyclic) bond motifs is 4. The van der Waals surface area contributed by atoms with Crippen LogP contribution in [0, 0.1) is 40.9 Å². The van der Waals surface area contributed by atoms with Crippen LogP contribution in [0.1, 0.15) is 64.2 Å². The van der Waals surface area contributed by atoms with E-state index in [-0.39, 0.29) is 86.7 Å². The van der Waals surface area contributed by atoms with E-state index in [2.05, 4.69) is 0 Å². The van der Waals surface area contributed by atoms with E-state index in [4.69, 9.17) is 37.9 Å². The predicted molar refractivity (Wildman–Crippen MR) is 148 cm³/mol. The highest BCUT2D eigenvalue weighted by atomic mass is 16.6. The number of carbonyl (C=O) groups is 4. The van der Waals surface area contributed by atoms with Crippen LogP contribution >= 0.6 is 0 Å². The van der Waals surface area contributed by atoms with Crippen LogP contribution in [0.5, 0.6) is 0 Å². The third-order valence-electron chi connectivity index (χ3n) is 12.5. The molecule has 45 heavy (non-hydrogen) atoms. The van der Waals surface area contributed by atoms with Crippen molar-refractivity contribution in [2.24, 2.45) is 40.9 Å². The molecule has 0 bridgehead atoms. The molecule has 12 heteroatoms. The summed E-state index contributed by atoms with van der Waals surface area (Å²) in [6.07, 6.45) is 9.37. The third kappa shape index (κ3) is 5.09. The quantitative estimate of drug-likeness (QED) is 0.182. The van der Waals surface area contributed by atoms with Gasteiger partial charge in [0, 0.05) is 17.3 Å². The van der Waals surface area contributed by atoms with Crippen molar-refractivity contribution in [1.29, 1.82) is 0 Å². The Morgan fingerprint density at radius 3 is 1.47 bits per heavy atom. The minimum absolute atomic E-state index is 0.0435. The van der Waals surface area contributed by atoms with Crippen LogP contribution in [0.2, 0.25) is 0 Å². The molecule has 0 N–H and O–H groups in total. The van der Waals surface area contributed by atoms with E-state index in [9.17, 15) is 19.2 Å². The van der Waals surface area contributed by atoms with Gasteiger partial charge in [-0.05, 0) is 76.0 Å². The molecule has 4 saturated carbocycles. The van der Waals surface area contributed by atoms with Crippen molar-refractivity contribution in [3.63, 3.8) is 0 Å². The van der Waals surface area contributed by atoms with Crippen LogP contribution < -0.4 is 0 Å². The highest BCUT2D eigenvalue weighted by Crippen LogP contribution is 2.66. The van der Waals surface area contributed by atoms with Crippen LogP contribution in [0.25, 0.3) is 0 Å². The smallest absolute Gasteiger partial charge is 0.321 e. The van der Waals surface area contributed by atoms with Crippen LogP contribution in [0.3, 0.4) is 0 Å². The molecule has 15 atom stereocenters. The zero-order valence-electron chi connectivity index (χ0n) is 25.4. The average molecular weight is 631 g/mol. The molecule has 9 rings (SSSR count). The number of rotatable bonds is 6. The first-order chi connectivity index (χ1) is 21.9. The molecule has 5 aliphatic heterocycles. The summed E-state index contributed by atoms with van der Waals surface area (Å²) in [5.74, 6) is -7.50. The predicted octanol–water partition coefficient (Wildman–Crippen LogP) is 1.88. The van der Waals surface area contributed by atoms with Crippen LogP contribution in [0.4, 0.5) is 0 Å². The first-order valence-electron chi connectivity index (χ1n) is 17.2. The molecule has 0 aromatic heterocycles. The number of hydrogen-bond donors (Lipinski definition) is 0. The van der Waals surface area contributed by atoms with Gasteiger partial charge in [-0.15, -0.1) is 0 Å². The highest BCUT2D eigenvalue weighted by Gasteiger charge is 2.74. The normalized spacial score (nSPS) is 50.6. The Labute approximate surface area is 261 Å². The van der Waals surface area contributed by atoms with Crippen molar-refractivity contribution in [3.05, 3.63) is 0 Å². The zero-order chi connectivity index (χ0) is 30.4. The summed E-state index contributed by atoms with van der Waals surface area (Å²) in [5, 5.41) is 0. The van der Waals surface area contributed by atoms with Crippen LogP contribution in [-0.4, -0.2) is 99.1 Å². The SMILES string of the molecule is O=C(OCC1CCC2OC2C1)C1C(=O)OCC2CCC3OC3C23C(CCC2O[C@H]23)COC(=O)C1C(=O)OCC1CCC2OC2C1. The summed E-state index contributed by atoms with van der Waals surface area (Å²) in [6.45, 7) is 0.236. The molecule has 246 valence electrons. The van der Waals surface area contributed by atoms with E-state index in [1.54, 1.807) is 0 Å². The van der Waals surface area contributed by atoms with Gasteiger partial charge >= 0.3 is 23.9 Å². The van der Waals surface area contributed by atoms with Crippen LogP contribution in [-0.2, 0) is 57.1 Å². The molecule has 1 spiro atoms. The average Bonchev–Trinajstić information content (AvgIpc) is 3.87. The van der Waals surface area contributed by atoms with E-state index in [0.717, 1.165) is 64.2 Å². The van der Waals surface area contributed by atoms with Gasteiger partial charge in [0.15, 0.2) is 11.8 Å². The maximum absolute atomic E-state index is 13.9. The Morgan fingerprint density at radius 1 is 0.578 bits per heavy atom. The fourth-order valence-corrected chi connectivity index (χ4v) is 9.85. The number of carbonyl (C=O) groups excluding carboxylic acids is 4. The highest BCUT2D eigenvalue weighted by molar-refractivity contribution is 6.07. The lowest BCUT2D eigenvalue weighted by atomic mass is 9.54. The van der Waals surface area contributed by atoms with E-state index in [1.165, 1.54) is 0 Å². The standard InChI is InChI=1S/C33H42O12/c34-29(38-11-15-1-5-19-23(9-15)42-19)25-26(30(35)39-12-16-2-6-20-24(10-16)43-20)32(37)41-14-18-4-8-22-28(45-22)33(18)17(13-40-31(25)36)3-7-21-27(33)44-21/h15-28H,1-14H2/t15?,16?,17?,18?,19?,20?,21?,22?,23?,24?,25?,26?,27-,28?,33?/m1/s1. The Morgan fingerprint density at radius 2 is 1.02 bits per heavy atom. The van der Waals surface area contributed by atoms with E-state index >= 15 is 0 Å². The van der Waals surface area contributed by atoms with Gasteiger partial charge < -0.3 is 37.9 Å². The van der Waals surface area contributed by atoms with Crippen molar-refractivity contribution in [1.82, 2.24) is 0 Å². The molecular weight excluding hydrogens is 588 g/mol. The van der Waals surface area contributed by atoms with Gasteiger partial charge in [0.2, 0.25) is 0 Å². The fraction of sp³-hybridized carbons (Fsp3) is 0.879. The van der Waals surface area contributed by atoms with E-state index in [1.807, 2.05) is 0 Å². The number of esters is 4. The minimum Gasteiger partial charge on any atom is -0.465 e. The largest absolute Gasteiger partial charge is 0.465 e.